The van der Waals surface area contributed by atoms with E-state index in [1.807, 2.05) is 6.07 Å². The van der Waals surface area contributed by atoms with Crippen LogP contribution in [0.3, 0.4) is 0 Å². The molecule has 1 amide bonds. The van der Waals surface area contributed by atoms with Crippen LogP contribution in [0, 0.1) is 5.92 Å². The van der Waals surface area contributed by atoms with Crippen molar-refractivity contribution < 1.29 is 14.6 Å². The molecule has 1 saturated carbocycles. The van der Waals surface area contributed by atoms with E-state index in [-0.39, 0.29) is 29.9 Å². The van der Waals surface area contributed by atoms with Crippen molar-refractivity contribution in [2.45, 2.75) is 122 Å². The molecule has 2 N–H and O–H groups in total. The highest BCUT2D eigenvalue weighted by Gasteiger charge is 2.32. The lowest BCUT2D eigenvalue weighted by molar-refractivity contribution is -0.119. The zero-order chi connectivity index (χ0) is 27.4. The largest absolute Gasteiger partial charge is 0.489 e. The van der Waals surface area contributed by atoms with E-state index >= 15 is 0 Å². The molecular weight excluding hydrogens is 470 g/mol. The van der Waals surface area contributed by atoms with Crippen molar-refractivity contribution in [3.63, 3.8) is 0 Å². The zero-order valence-electron chi connectivity index (χ0n) is 24.3. The van der Waals surface area contributed by atoms with Gasteiger partial charge in [0.1, 0.15) is 12.4 Å². The van der Waals surface area contributed by atoms with Gasteiger partial charge in [0.2, 0.25) is 5.91 Å². The molecule has 3 atom stereocenters. The van der Waals surface area contributed by atoms with Crippen molar-refractivity contribution in [1.29, 1.82) is 0 Å². The monoisotopic (exact) mass is 521 g/mol. The number of aliphatic hydroxyl groups is 1. The van der Waals surface area contributed by atoms with Crippen LogP contribution < -0.4 is 10.1 Å². The standard InChI is InChI=1S/C34H51NO3/c1-5-6-7-11-21-34(3,4)29-19-20-31(33(23-29)38-25-27-14-9-8-10-15-27)32-24-30(35-26(2)37)18-12-16-28(32)17-13-22-36/h8-10,14-15,19-20,23,28,30,32,36H,5-7,11-13,16-18,21-22,24-25H2,1-4H3,(H,35,37). The lowest BCUT2D eigenvalue weighted by atomic mass is 9.76. The van der Waals surface area contributed by atoms with Gasteiger partial charge in [-0.1, -0.05) is 95.3 Å². The lowest BCUT2D eigenvalue weighted by Crippen LogP contribution is -2.34. The number of nitrogens with one attached hydrogen (secondary N) is 1. The Morgan fingerprint density at radius 1 is 1.05 bits per heavy atom. The average molecular weight is 522 g/mol. The van der Waals surface area contributed by atoms with Gasteiger partial charge in [-0.15, -0.1) is 0 Å². The number of hydrogen-bond acceptors (Lipinski definition) is 3. The second-order valence-corrected chi connectivity index (χ2v) is 12.0. The molecule has 0 aliphatic heterocycles. The predicted octanol–water partition coefficient (Wildman–Crippen LogP) is 8.06. The Hall–Kier alpha value is -2.33. The molecule has 210 valence electrons. The van der Waals surface area contributed by atoms with E-state index < -0.39 is 0 Å². The number of rotatable bonds is 14. The van der Waals surface area contributed by atoms with Crippen LogP contribution in [-0.4, -0.2) is 23.7 Å². The molecule has 2 aromatic carbocycles. The minimum absolute atomic E-state index is 0.0447. The summed E-state index contributed by atoms with van der Waals surface area (Å²) in [6.45, 7) is 9.36. The fraction of sp³-hybridized carbons (Fsp3) is 0.618. The van der Waals surface area contributed by atoms with Gasteiger partial charge in [0.05, 0.1) is 0 Å². The van der Waals surface area contributed by atoms with E-state index in [1.54, 1.807) is 6.92 Å². The van der Waals surface area contributed by atoms with Crippen molar-refractivity contribution in [1.82, 2.24) is 5.32 Å². The van der Waals surface area contributed by atoms with Crippen LogP contribution in [0.15, 0.2) is 48.5 Å². The summed E-state index contributed by atoms with van der Waals surface area (Å²) >= 11 is 0. The molecule has 0 aromatic heterocycles. The number of carbonyl (C=O) groups is 1. The minimum Gasteiger partial charge on any atom is -0.489 e. The van der Waals surface area contributed by atoms with Gasteiger partial charge in [-0.2, -0.15) is 0 Å². The molecule has 1 aliphatic rings. The summed E-state index contributed by atoms with van der Waals surface area (Å²) in [5.41, 5.74) is 3.83. The zero-order valence-corrected chi connectivity index (χ0v) is 24.3. The quantitative estimate of drug-likeness (QED) is 0.195. The molecule has 1 fully saturated rings. The summed E-state index contributed by atoms with van der Waals surface area (Å²) in [6, 6.07) is 17.5. The fourth-order valence-corrected chi connectivity index (χ4v) is 6.20. The highest BCUT2D eigenvalue weighted by molar-refractivity contribution is 5.73. The molecule has 4 nitrogen and oxygen atoms in total. The molecule has 1 aliphatic carbocycles. The lowest BCUT2D eigenvalue weighted by Gasteiger charge is -2.31. The number of hydrogen-bond donors (Lipinski definition) is 2. The van der Waals surface area contributed by atoms with Gasteiger partial charge in [-0.3, -0.25) is 4.79 Å². The first-order valence-electron chi connectivity index (χ1n) is 15.0. The predicted molar refractivity (Wildman–Crippen MR) is 158 cm³/mol. The Bertz CT molecular complexity index is 971. The average Bonchev–Trinajstić information content (AvgIpc) is 3.10. The van der Waals surface area contributed by atoms with E-state index in [9.17, 15) is 9.90 Å². The maximum atomic E-state index is 12.0. The highest BCUT2D eigenvalue weighted by Crippen LogP contribution is 2.44. The summed E-state index contributed by atoms with van der Waals surface area (Å²) in [7, 11) is 0. The van der Waals surface area contributed by atoms with Crippen LogP contribution in [0.25, 0.3) is 0 Å². The third-order valence-corrected chi connectivity index (χ3v) is 8.46. The molecule has 2 aromatic rings. The van der Waals surface area contributed by atoms with E-state index in [0.29, 0.717) is 12.5 Å². The van der Waals surface area contributed by atoms with E-state index in [0.717, 1.165) is 56.3 Å². The molecule has 0 heterocycles. The number of ether oxygens (including phenoxy) is 1. The van der Waals surface area contributed by atoms with Crippen LogP contribution >= 0.6 is 0 Å². The summed E-state index contributed by atoms with van der Waals surface area (Å²) in [6.07, 6.45) is 12.2. The van der Waals surface area contributed by atoms with Crippen LogP contribution in [-0.2, 0) is 16.8 Å². The molecule has 4 heteroatoms. The summed E-state index contributed by atoms with van der Waals surface area (Å²) in [5, 5.41) is 12.8. The Kier molecular flexibility index (Phi) is 12.2. The topological polar surface area (TPSA) is 58.6 Å². The van der Waals surface area contributed by atoms with Gasteiger partial charge >= 0.3 is 0 Å². The van der Waals surface area contributed by atoms with E-state index in [4.69, 9.17) is 4.74 Å². The highest BCUT2D eigenvalue weighted by atomic mass is 16.5. The van der Waals surface area contributed by atoms with Gasteiger partial charge < -0.3 is 15.2 Å². The second-order valence-electron chi connectivity index (χ2n) is 12.0. The third-order valence-electron chi connectivity index (χ3n) is 8.46. The van der Waals surface area contributed by atoms with Crippen molar-refractivity contribution in [3.05, 3.63) is 65.2 Å². The number of amides is 1. The number of aliphatic hydroxyl groups excluding tert-OH is 1. The first kappa shape index (κ1) is 30.2. The first-order valence-corrected chi connectivity index (χ1v) is 15.0. The Labute approximate surface area is 231 Å². The molecule has 0 saturated heterocycles. The smallest absolute Gasteiger partial charge is 0.217 e. The van der Waals surface area contributed by atoms with Gasteiger partial charge in [-0.25, -0.2) is 0 Å². The molecule has 0 bridgehead atoms. The minimum atomic E-state index is 0.0447. The molecule has 3 rings (SSSR count). The molecular formula is C34H51NO3. The number of carbonyl (C=O) groups excluding carboxylic acids is 1. The summed E-state index contributed by atoms with van der Waals surface area (Å²) in [5.74, 6) is 1.78. The molecule has 3 unspecified atom stereocenters. The van der Waals surface area contributed by atoms with Crippen molar-refractivity contribution >= 4 is 5.91 Å². The van der Waals surface area contributed by atoms with Gasteiger partial charge in [-0.05, 0) is 78.5 Å². The van der Waals surface area contributed by atoms with Crippen LogP contribution in [0.5, 0.6) is 5.75 Å². The van der Waals surface area contributed by atoms with Gasteiger partial charge in [0.25, 0.3) is 0 Å². The van der Waals surface area contributed by atoms with Crippen LogP contribution in [0.1, 0.15) is 121 Å². The number of unbranched alkanes of at least 4 members (excludes halogenated alkanes) is 3. The Balaban J connectivity index is 1.95. The van der Waals surface area contributed by atoms with Gasteiger partial charge in [0.15, 0.2) is 0 Å². The second kappa shape index (κ2) is 15.3. The summed E-state index contributed by atoms with van der Waals surface area (Å²) in [4.78, 5) is 12.0. The van der Waals surface area contributed by atoms with E-state index in [2.05, 4.69) is 68.6 Å². The summed E-state index contributed by atoms with van der Waals surface area (Å²) < 4.78 is 6.63. The van der Waals surface area contributed by atoms with Crippen LogP contribution in [0.2, 0.25) is 0 Å². The SMILES string of the molecule is CCCCCCC(C)(C)c1ccc(C2CC(NC(C)=O)CCCC2CCCO)c(OCc2ccccc2)c1. The Morgan fingerprint density at radius 3 is 2.55 bits per heavy atom. The van der Waals surface area contributed by atoms with Gasteiger partial charge in [0, 0.05) is 19.6 Å². The maximum Gasteiger partial charge on any atom is 0.217 e. The third kappa shape index (κ3) is 9.15. The van der Waals surface area contributed by atoms with Crippen molar-refractivity contribution in [3.8, 4) is 5.75 Å². The molecule has 0 spiro atoms. The molecule has 0 radical (unpaired) electrons. The normalized spacial score (nSPS) is 20.1. The van der Waals surface area contributed by atoms with Crippen LogP contribution in [0.4, 0.5) is 0 Å². The Morgan fingerprint density at radius 2 is 1.84 bits per heavy atom. The fourth-order valence-electron chi connectivity index (χ4n) is 6.20. The molecule has 38 heavy (non-hydrogen) atoms. The van der Waals surface area contributed by atoms with E-state index in [1.165, 1.54) is 36.8 Å². The maximum absolute atomic E-state index is 12.0. The first-order chi connectivity index (χ1) is 18.3. The van der Waals surface area contributed by atoms with Crippen molar-refractivity contribution in [2.24, 2.45) is 5.92 Å². The van der Waals surface area contributed by atoms with Crippen molar-refractivity contribution in [2.75, 3.05) is 6.61 Å². The number of benzene rings is 2.